The summed E-state index contributed by atoms with van der Waals surface area (Å²) >= 11 is 0. The highest BCUT2D eigenvalue weighted by Crippen LogP contribution is 2.37. The average molecular weight is 305 g/mol. The number of ether oxygens (including phenoxy) is 2. The van der Waals surface area contributed by atoms with Crippen LogP contribution in [0.25, 0.3) is 0 Å². The third-order valence-electron chi connectivity index (χ3n) is 5.02. The number of hydrogen-bond acceptors (Lipinski definition) is 4. The number of piperidine rings is 1. The van der Waals surface area contributed by atoms with Crippen molar-refractivity contribution in [3.63, 3.8) is 0 Å². The van der Waals surface area contributed by atoms with Crippen molar-refractivity contribution >= 4 is 0 Å². The molecule has 0 spiro atoms. The van der Waals surface area contributed by atoms with Crippen molar-refractivity contribution in [2.45, 2.75) is 51.8 Å². The van der Waals surface area contributed by atoms with E-state index in [0.29, 0.717) is 12.0 Å². The maximum absolute atomic E-state index is 9.46. The monoisotopic (exact) mass is 305 g/mol. The van der Waals surface area contributed by atoms with Gasteiger partial charge in [-0.05, 0) is 44.7 Å². The molecule has 1 N–H and O–H groups in total. The molecule has 0 saturated carbocycles. The molecular weight excluding hydrogens is 278 g/mol. The number of rotatable bonds is 4. The number of fused-ring (bicyclic) bond motifs is 1. The van der Waals surface area contributed by atoms with Crippen molar-refractivity contribution in [3.8, 4) is 11.5 Å². The highest BCUT2D eigenvalue weighted by molar-refractivity contribution is 5.49. The fourth-order valence-electron chi connectivity index (χ4n) is 3.66. The molecule has 2 aliphatic heterocycles. The van der Waals surface area contributed by atoms with Gasteiger partial charge in [-0.25, -0.2) is 0 Å². The summed E-state index contributed by atoms with van der Waals surface area (Å²) in [6, 6.07) is 4.74. The second-order valence-corrected chi connectivity index (χ2v) is 6.81. The Balaban J connectivity index is 1.84. The van der Waals surface area contributed by atoms with Gasteiger partial charge in [0.2, 0.25) is 0 Å². The van der Waals surface area contributed by atoms with Crippen LogP contribution in [-0.4, -0.2) is 42.4 Å². The van der Waals surface area contributed by atoms with Gasteiger partial charge in [0.05, 0.1) is 7.11 Å². The summed E-state index contributed by atoms with van der Waals surface area (Å²) in [5, 5.41) is 9.46. The highest BCUT2D eigenvalue weighted by Gasteiger charge is 2.28. The molecule has 4 heteroatoms. The smallest absolute Gasteiger partial charge is 0.127 e. The number of benzene rings is 1. The van der Waals surface area contributed by atoms with Crippen LogP contribution in [0.3, 0.4) is 0 Å². The predicted molar refractivity (Wildman–Crippen MR) is 86.5 cm³/mol. The lowest BCUT2D eigenvalue weighted by molar-refractivity contribution is 0.0762. The van der Waals surface area contributed by atoms with Gasteiger partial charge < -0.3 is 14.6 Å². The quantitative estimate of drug-likeness (QED) is 0.928. The van der Waals surface area contributed by atoms with Crippen molar-refractivity contribution < 1.29 is 14.6 Å². The van der Waals surface area contributed by atoms with Crippen LogP contribution in [0.4, 0.5) is 0 Å². The lowest BCUT2D eigenvalue weighted by Gasteiger charge is -2.37. The van der Waals surface area contributed by atoms with Crippen molar-refractivity contribution in [1.82, 2.24) is 4.90 Å². The van der Waals surface area contributed by atoms with Crippen LogP contribution in [0.2, 0.25) is 0 Å². The maximum Gasteiger partial charge on any atom is 0.127 e. The number of methoxy groups -OCH3 is 1. The molecule has 0 aliphatic carbocycles. The van der Waals surface area contributed by atoms with Gasteiger partial charge in [-0.15, -0.1) is 0 Å². The van der Waals surface area contributed by atoms with E-state index < -0.39 is 0 Å². The molecule has 2 aliphatic rings. The summed E-state index contributed by atoms with van der Waals surface area (Å²) in [4.78, 5) is 2.46. The van der Waals surface area contributed by atoms with Gasteiger partial charge in [-0.1, -0.05) is 0 Å². The van der Waals surface area contributed by atoms with Crippen LogP contribution >= 0.6 is 0 Å². The molecule has 3 unspecified atom stereocenters. The minimum absolute atomic E-state index is 0.241. The second-order valence-electron chi connectivity index (χ2n) is 6.81. The SMILES string of the molecule is COc1cc2c(c(CN3CC(CO)CCC3C)c1)OC(C)C2. The fraction of sp³-hybridized carbons (Fsp3) is 0.667. The molecule has 3 rings (SSSR count). The lowest BCUT2D eigenvalue weighted by Crippen LogP contribution is -2.42. The van der Waals surface area contributed by atoms with E-state index in [4.69, 9.17) is 9.47 Å². The zero-order valence-electron chi connectivity index (χ0n) is 13.8. The molecule has 0 bridgehead atoms. The van der Waals surface area contributed by atoms with Crippen LogP contribution in [0.1, 0.15) is 37.8 Å². The van der Waals surface area contributed by atoms with E-state index in [-0.39, 0.29) is 12.7 Å². The Hall–Kier alpha value is -1.26. The Labute approximate surface area is 133 Å². The summed E-state index contributed by atoms with van der Waals surface area (Å²) < 4.78 is 11.5. The molecular formula is C18H27NO3. The second kappa shape index (κ2) is 6.47. The molecule has 0 amide bonds. The van der Waals surface area contributed by atoms with E-state index in [9.17, 15) is 5.11 Å². The molecule has 122 valence electrons. The van der Waals surface area contributed by atoms with E-state index in [1.807, 2.05) is 0 Å². The molecule has 1 aromatic carbocycles. The molecule has 1 aromatic rings. The van der Waals surface area contributed by atoms with Crippen LogP contribution in [0.5, 0.6) is 11.5 Å². The van der Waals surface area contributed by atoms with E-state index in [1.165, 1.54) is 11.1 Å². The number of aliphatic hydroxyl groups is 1. The summed E-state index contributed by atoms with van der Waals surface area (Å²) in [6.45, 7) is 6.50. The van der Waals surface area contributed by atoms with Gasteiger partial charge in [-0.3, -0.25) is 4.90 Å². The van der Waals surface area contributed by atoms with Crippen molar-refractivity contribution in [3.05, 3.63) is 23.3 Å². The minimum Gasteiger partial charge on any atom is -0.497 e. The molecule has 2 heterocycles. The first-order valence-corrected chi connectivity index (χ1v) is 8.32. The largest absolute Gasteiger partial charge is 0.497 e. The lowest BCUT2D eigenvalue weighted by atomic mass is 9.93. The minimum atomic E-state index is 0.241. The maximum atomic E-state index is 9.46. The van der Waals surface area contributed by atoms with E-state index in [1.54, 1.807) is 7.11 Å². The number of aliphatic hydroxyl groups excluding tert-OH is 1. The van der Waals surface area contributed by atoms with Gasteiger partial charge in [0, 0.05) is 43.3 Å². The van der Waals surface area contributed by atoms with E-state index in [0.717, 1.165) is 43.9 Å². The molecule has 0 radical (unpaired) electrons. The Morgan fingerprint density at radius 2 is 2.14 bits per heavy atom. The van der Waals surface area contributed by atoms with Crippen LogP contribution < -0.4 is 9.47 Å². The number of likely N-dealkylation sites (tertiary alicyclic amines) is 1. The van der Waals surface area contributed by atoms with Crippen molar-refractivity contribution in [1.29, 1.82) is 0 Å². The molecule has 3 atom stereocenters. The van der Waals surface area contributed by atoms with Crippen molar-refractivity contribution in [2.24, 2.45) is 5.92 Å². The Bertz CT molecular complexity index is 531. The average Bonchev–Trinajstić information content (AvgIpc) is 2.89. The van der Waals surface area contributed by atoms with Gasteiger partial charge in [-0.2, -0.15) is 0 Å². The number of hydrogen-bond donors (Lipinski definition) is 1. The molecule has 4 nitrogen and oxygen atoms in total. The molecule has 0 aromatic heterocycles. The first-order valence-electron chi connectivity index (χ1n) is 8.32. The molecule has 1 fully saturated rings. The van der Waals surface area contributed by atoms with E-state index >= 15 is 0 Å². The third-order valence-corrected chi connectivity index (χ3v) is 5.02. The third kappa shape index (κ3) is 3.08. The summed E-state index contributed by atoms with van der Waals surface area (Å²) in [7, 11) is 1.72. The normalized spacial score (nSPS) is 28.3. The fourth-order valence-corrected chi connectivity index (χ4v) is 3.66. The highest BCUT2D eigenvalue weighted by atomic mass is 16.5. The first-order chi connectivity index (χ1) is 10.6. The predicted octanol–water partition coefficient (Wildman–Crippen LogP) is 2.61. The van der Waals surface area contributed by atoms with Gasteiger partial charge in [0.25, 0.3) is 0 Å². The summed E-state index contributed by atoms with van der Waals surface area (Å²) in [5.74, 6) is 2.36. The molecule has 22 heavy (non-hydrogen) atoms. The van der Waals surface area contributed by atoms with Gasteiger partial charge in [0.15, 0.2) is 0 Å². The van der Waals surface area contributed by atoms with Crippen LogP contribution in [-0.2, 0) is 13.0 Å². The summed E-state index contributed by atoms with van der Waals surface area (Å²) in [6.07, 6.45) is 3.46. The van der Waals surface area contributed by atoms with Crippen molar-refractivity contribution in [2.75, 3.05) is 20.3 Å². The zero-order chi connectivity index (χ0) is 15.7. The Kier molecular flexibility index (Phi) is 4.59. The van der Waals surface area contributed by atoms with Gasteiger partial charge in [0.1, 0.15) is 17.6 Å². The topological polar surface area (TPSA) is 41.9 Å². The Morgan fingerprint density at radius 3 is 2.86 bits per heavy atom. The Morgan fingerprint density at radius 1 is 1.32 bits per heavy atom. The van der Waals surface area contributed by atoms with Crippen LogP contribution in [0.15, 0.2) is 12.1 Å². The van der Waals surface area contributed by atoms with Crippen LogP contribution in [0, 0.1) is 5.92 Å². The van der Waals surface area contributed by atoms with E-state index in [2.05, 4.69) is 30.9 Å². The zero-order valence-corrected chi connectivity index (χ0v) is 13.8. The standard InChI is InChI=1S/C18H27NO3/c1-12-4-5-14(11-20)9-19(12)10-16-8-17(21-3)7-15-6-13(2)22-18(15)16/h7-8,12-14,20H,4-6,9-11H2,1-3H3. The molecule has 1 saturated heterocycles. The number of nitrogens with zero attached hydrogens (tertiary/aromatic N) is 1. The summed E-state index contributed by atoms with van der Waals surface area (Å²) in [5.41, 5.74) is 2.47. The van der Waals surface area contributed by atoms with Gasteiger partial charge >= 0.3 is 0 Å². The first kappa shape index (κ1) is 15.6.